The smallest absolute Gasteiger partial charge is 0.273 e. The Balaban J connectivity index is 2.01. The van der Waals surface area contributed by atoms with E-state index in [1.165, 1.54) is 12.3 Å². The van der Waals surface area contributed by atoms with Gasteiger partial charge in [-0.15, -0.1) is 0 Å². The first-order valence-electron chi connectivity index (χ1n) is 5.21. The molecule has 0 aliphatic heterocycles. The standard InChI is InChI=1S/C11H12N2O4/c14-5-2-4-12-11(15)8-7-10(17-13-8)9-3-1-6-16-9/h1,3,6-7,14H,2,4-5H2,(H,12,15). The van der Waals surface area contributed by atoms with Crippen molar-refractivity contribution >= 4 is 5.91 Å². The topological polar surface area (TPSA) is 88.5 Å². The maximum Gasteiger partial charge on any atom is 0.273 e. The number of hydrogen-bond acceptors (Lipinski definition) is 5. The SMILES string of the molecule is O=C(NCCCO)c1cc(-c2ccco2)on1. The van der Waals surface area contributed by atoms with Crippen molar-refractivity contribution in [1.29, 1.82) is 0 Å². The Labute approximate surface area is 97.2 Å². The second kappa shape index (κ2) is 5.31. The van der Waals surface area contributed by atoms with Crippen LogP contribution in [0.1, 0.15) is 16.9 Å². The summed E-state index contributed by atoms with van der Waals surface area (Å²) >= 11 is 0. The number of aliphatic hydroxyl groups is 1. The Hall–Kier alpha value is -2.08. The summed E-state index contributed by atoms with van der Waals surface area (Å²) in [7, 11) is 0. The second-order valence-electron chi connectivity index (χ2n) is 3.39. The van der Waals surface area contributed by atoms with Gasteiger partial charge in [0.1, 0.15) is 0 Å². The molecule has 2 aromatic rings. The number of nitrogens with one attached hydrogen (secondary N) is 1. The average molecular weight is 236 g/mol. The highest BCUT2D eigenvalue weighted by molar-refractivity contribution is 5.92. The van der Waals surface area contributed by atoms with Crippen molar-refractivity contribution in [2.75, 3.05) is 13.2 Å². The van der Waals surface area contributed by atoms with Crippen molar-refractivity contribution < 1.29 is 18.8 Å². The van der Waals surface area contributed by atoms with E-state index >= 15 is 0 Å². The van der Waals surface area contributed by atoms with Crippen molar-refractivity contribution in [2.24, 2.45) is 0 Å². The van der Waals surface area contributed by atoms with E-state index in [-0.39, 0.29) is 18.2 Å². The number of carbonyl (C=O) groups is 1. The predicted octanol–water partition coefficient (Wildman–Crippen LogP) is 1.05. The Kier molecular flexibility index (Phi) is 3.56. The van der Waals surface area contributed by atoms with Crippen LogP contribution >= 0.6 is 0 Å². The summed E-state index contributed by atoms with van der Waals surface area (Å²) in [6, 6.07) is 4.94. The fourth-order valence-electron chi connectivity index (χ4n) is 1.29. The molecule has 2 rings (SSSR count). The molecule has 17 heavy (non-hydrogen) atoms. The highest BCUT2D eigenvalue weighted by Gasteiger charge is 2.14. The van der Waals surface area contributed by atoms with Gasteiger partial charge in [-0.1, -0.05) is 5.16 Å². The average Bonchev–Trinajstić information content (AvgIpc) is 3.00. The van der Waals surface area contributed by atoms with Crippen LogP contribution in [0.2, 0.25) is 0 Å². The van der Waals surface area contributed by atoms with Gasteiger partial charge in [0.05, 0.1) is 6.26 Å². The number of furan rings is 1. The fraction of sp³-hybridized carbons (Fsp3) is 0.273. The first-order chi connectivity index (χ1) is 8.31. The number of aliphatic hydroxyl groups excluding tert-OH is 1. The molecule has 2 N–H and O–H groups in total. The van der Waals surface area contributed by atoms with Gasteiger partial charge in [0.2, 0.25) is 5.76 Å². The third-order valence-corrected chi connectivity index (χ3v) is 2.13. The first kappa shape index (κ1) is 11.4. The van der Waals surface area contributed by atoms with Crippen molar-refractivity contribution in [1.82, 2.24) is 10.5 Å². The lowest BCUT2D eigenvalue weighted by Gasteiger charge is -1.99. The molecule has 0 saturated heterocycles. The minimum Gasteiger partial charge on any atom is -0.461 e. The van der Waals surface area contributed by atoms with Crippen LogP contribution in [0.4, 0.5) is 0 Å². The van der Waals surface area contributed by atoms with Crippen molar-refractivity contribution in [3.63, 3.8) is 0 Å². The van der Waals surface area contributed by atoms with Gasteiger partial charge in [-0.2, -0.15) is 0 Å². The number of carbonyl (C=O) groups excluding carboxylic acids is 1. The molecule has 6 nitrogen and oxygen atoms in total. The van der Waals surface area contributed by atoms with Crippen LogP contribution in [0, 0.1) is 0 Å². The largest absolute Gasteiger partial charge is 0.461 e. The van der Waals surface area contributed by atoms with E-state index in [4.69, 9.17) is 14.0 Å². The van der Waals surface area contributed by atoms with E-state index in [0.29, 0.717) is 24.5 Å². The summed E-state index contributed by atoms with van der Waals surface area (Å²) in [5, 5.41) is 14.8. The highest BCUT2D eigenvalue weighted by atomic mass is 16.5. The quantitative estimate of drug-likeness (QED) is 0.757. The van der Waals surface area contributed by atoms with Crippen molar-refractivity contribution in [3.05, 3.63) is 30.2 Å². The van der Waals surface area contributed by atoms with E-state index in [1.54, 1.807) is 12.1 Å². The molecular weight excluding hydrogens is 224 g/mol. The normalized spacial score (nSPS) is 10.4. The van der Waals surface area contributed by atoms with Crippen molar-refractivity contribution in [3.8, 4) is 11.5 Å². The molecule has 0 fully saturated rings. The zero-order valence-electron chi connectivity index (χ0n) is 9.05. The van der Waals surface area contributed by atoms with Gasteiger partial charge in [-0.05, 0) is 18.6 Å². The molecule has 0 aliphatic carbocycles. The predicted molar refractivity (Wildman–Crippen MR) is 58.2 cm³/mol. The lowest BCUT2D eigenvalue weighted by atomic mass is 10.3. The van der Waals surface area contributed by atoms with Crippen molar-refractivity contribution in [2.45, 2.75) is 6.42 Å². The second-order valence-corrected chi connectivity index (χ2v) is 3.39. The van der Waals surface area contributed by atoms with Crippen LogP contribution in [0.25, 0.3) is 11.5 Å². The Morgan fingerprint density at radius 1 is 1.47 bits per heavy atom. The van der Waals surface area contributed by atoms with E-state index in [2.05, 4.69) is 10.5 Å². The molecule has 2 aromatic heterocycles. The molecule has 6 heteroatoms. The number of amides is 1. The number of hydrogen-bond donors (Lipinski definition) is 2. The molecule has 1 amide bonds. The zero-order chi connectivity index (χ0) is 12.1. The van der Waals surface area contributed by atoms with E-state index in [0.717, 1.165) is 0 Å². The van der Waals surface area contributed by atoms with E-state index in [1.807, 2.05) is 0 Å². The van der Waals surface area contributed by atoms with Crippen LogP contribution in [0.5, 0.6) is 0 Å². The summed E-state index contributed by atoms with van der Waals surface area (Å²) in [5.74, 6) is 0.592. The maximum absolute atomic E-state index is 11.6. The first-order valence-corrected chi connectivity index (χ1v) is 5.21. The van der Waals surface area contributed by atoms with Gasteiger partial charge >= 0.3 is 0 Å². The van der Waals surface area contributed by atoms with Gasteiger partial charge < -0.3 is 19.4 Å². The maximum atomic E-state index is 11.6. The van der Waals surface area contributed by atoms with Gasteiger partial charge in [0, 0.05) is 19.2 Å². The van der Waals surface area contributed by atoms with Gasteiger partial charge in [0.25, 0.3) is 5.91 Å². The molecule has 90 valence electrons. The fourth-order valence-corrected chi connectivity index (χ4v) is 1.29. The summed E-state index contributed by atoms with van der Waals surface area (Å²) in [6.07, 6.45) is 2.02. The monoisotopic (exact) mass is 236 g/mol. The van der Waals surface area contributed by atoms with Crippen LogP contribution in [-0.4, -0.2) is 29.3 Å². The number of rotatable bonds is 5. The van der Waals surface area contributed by atoms with Crippen LogP contribution in [-0.2, 0) is 0 Å². The van der Waals surface area contributed by atoms with Gasteiger partial charge in [-0.3, -0.25) is 4.79 Å². The molecular formula is C11H12N2O4. The molecule has 0 unspecified atom stereocenters. The van der Waals surface area contributed by atoms with Gasteiger partial charge in [-0.25, -0.2) is 0 Å². The van der Waals surface area contributed by atoms with E-state index < -0.39 is 0 Å². The third kappa shape index (κ3) is 2.73. The van der Waals surface area contributed by atoms with Crippen LogP contribution in [0.3, 0.4) is 0 Å². The minimum atomic E-state index is -0.333. The zero-order valence-corrected chi connectivity index (χ0v) is 9.05. The summed E-state index contributed by atoms with van der Waals surface area (Å²) in [4.78, 5) is 11.6. The lowest BCUT2D eigenvalue weighted by molar-refractivity contribution is 0.0942. The molecule has 0 bridgehead atoms. The lowest BCUT2D eigenvalue weighted by Crippen LogP contribution is -2.25. The molecule has 0 radical (unpaired) electrons. The summed E-state index contributed by atoms with van der Waals surface area (Å²) in [5.41, 5.74) is 0.189. The van der Waals surface area contributed by atoms with Crippen LogP contribution in [0.15, 0.2) is 33.4 Å². The third-order valence-electron chi connectivity index (χ3n) is 2.13. The number of aromatic nitrogens is 1. The van der Waals surface area contributed by atoms with E-state index in [9.17, 15) is 4.79 Å². The molecule has 0 atom stereocenters. The van der Waals surface area contributed by atoms with Gasteiger partial charge in [0.15, 0.2) is 11.5 Å². The Morgan fingerprint density at radius 2 is 2.35 bits per heavy atom. The molecule has 0 saturated carbocycles. The molecule has 0 aliphatic rings. The molecule has 2 heterocycles. The Bertz CT molecular complexity index is 475. The summed E-state index contributed by atoms with van der Waals surface area (Å²) in [6.45, 7) is 0.440. The highest BCUT2D eigenvalue weighted by Crippen LogP contribution is 2.20. The minimum absolute atomic E-state index is 0.0384. The summed E-state index contributed by atoms with van der Waals surface area (Å²) < 4.78 is 10.1. The molecule has 0 aromatic carbocycles. The Morgan fingerprint density at radius 3 is 3.06 bits per heavy atom. The van der Waals surface area contributed by atoms with Crippen LogP contribution < -0.4 is 5.32 Å². The molecule has 0 spiro atoms. The number of nitrogens with zero attached hydrogens (tertiary/aromatic N) is 1.